The lowest BCUT2D eigenvalue weighted by molar-refractivity contribution is 0.0683. The maximum absolute atomic E-state index is 13.9. The zero-order chi connectivity index (χ0) is 14.0. The molecular formula is C14H16F2O3. The van der Waals surface area contributed by atoms with Crippen molar-refractivity contribution >= 4 is 5.78 Å². The Hall–Kier alpha value is -1.49. The van der Waals surface area contributed by atoms with Gasteiger partial charge in [0.25, 0.3) is 0 Å². The molecule has 0 spiro atoms. The number of carbonyl (C=O) groups is 1. The van der Waals surface area contributed by atoms with E-state index in [1.165, 1.54) is 7.11 Å². The highest BCUT2D eigenvalue weighted by Gasteiger charge is 2.36. The van der Waals surface area contributed by atoms with Gasteiger partial charge >= 0.3 is 0 Å². The number of Topliss-reactive ketones (excluding diaryl/α,β-unsaturated/α-hetero) is 1. The predicted molar refractivity (Wildman–Crippen MR) is 65.4 cm³/mol. The molecule has 0 aliphatic carbocycles. The van der Waals surface area contributed by atoms with Gasteiger partial charge in [-0.05, 0) is 12.8 Å². The first kappa shape index (κ1) is 13.9. The van der Waals surface area contributed by atoms with Gasteiger partial charge in [0.1, 0.15) is 17.4 Å². The zero-order valence-corrected chi connectivity index (χ0v) is 10.9. The summed E-state index contributed by atoms with van der Waals surface area (Å²) in [5.41, 5.74) is -0.491. The van der Waals surface area contributed by atoms with Crippen molar-refractivity contribution < 1.29 is 23.0 Å². The first-order chi connectivity index (χ1) is 9.08. The summed E-state index contributed by atoms with van der Waals surface area (Å²) in [4.78, 5) is 12.3. The van der Waals surface area contributed by atoms with Gasteiger partial charge in [-0.1, -0.05) is 6.92 Å². The van der Waals surface area contributed by atoms with Crippen LogP contribution in [-0.2, 0) is 4.74 Å². The monoisotopic (exact) mass is 270 g/mol. The predicted octanol–water partition coefficient (Wildman–Crippen LogP) is 2.97. The Balaban J connectivity index is 2.33. The number of halogens is 2. The van der Waals surface area contributed by atoms with Crippen molar-refractivity contribution in [2.45, 2.75) is 25.9 Å². The number of methoxy groups -OCH3 is 1. The van der Waals surface area contributed by atoms with Crippen molar-refractivity contribution in [1.82, 2.24) is 0 Å². The van der Waals surface area contributed by atoms with Crippen LogP contribution in [0.4, 0.5) is 8.78 Å². The summed E-state index contributed by atoms with van der Waals surface area (Å²) in [6, 6.07) is 2.04. The summed E-state index contributed by atoms with van der Waals surface area (Å²) < 4.78 is 37.9. The van der Waals surface area contributed by atoms with E-state index >= 15 is 0 Å². The third-order valence-corrected chi connectivity index (χ3v) is 3.45. The average molecular weight is 270 g/mol. The van der Waals surface area contributed by atoms with Crippen LogP contribution in [-0.4, -0.2) is 25.6 Å². The second-order valence-electron chi connectivity index (χ2n) is 4.54. The minimum absolute atomic E-state index is 0.0567. The largest absolute Gasteiger partial charge is 0.497 e. The fourth-order valence-electron chi connectivity index (χ4n) is 2.44. The molecule has 1 aliphatic heterocycles. The van der Waals surface area contributed by atoms with Crippen LogP contribution in [0.2, 0.25) is 0 Å². The van der Waals surface area contributed by atoms with E-state index in [4.69, 9.17) is 9.47 Å². The lowest BCUT2D eigenvalue weighted by Crippen LogP contribution is -2.25. The van der Waals surface area contributed by atoms with Gasteiger partial charge in [0.2, 0.25) is 0 Å². The second-order valence-corrected chi connectivity index (χ2v) is 4.54. The number of hydrogen-bond acceptors (Lipinski definition) is 3. The Morgan fingerprint density at radius 1 is 1.42 bits per heavy atom. The van der Waals surface area contributed by atoms with Gasteiger partial charge < -0.3 is 9.47 Å². The number of rotatable bonds is 4. The van der Waals surface area contributed by atoms with Crippen LogP contribution in [0, 0.1) is 17.6 Å². The van der Waals surface area contributed by atoms with Crippen LogP contribution < -0.4 is 4.74 Å². The third-order valence-electron chi connectivity index (χ3n) is 3.45. The van der Waals surface area contributed by atoms with Crippen LogP contribution in [0.25, 0.3) is 0 Å². The number of ketones is 1. The van der Waals surface area contributed by atoms with Crippen LogP contribution in [0.1, 0.15) is 30.1 Å². The summed E-state index contributed by atoms with van der Waals surface area (Å²) in [5, 5.41) is 0. The Bertz CT molecular complexity index is 465. The van der Waals surface area contributed by atoms with E-state index < -0.39 is 28.9 Å². The number of hydrogen-bond donors (Lipinski definition) is 0. The number of ether oxygens (including phenoxy) is 2. The molecule has 1 aromatic rings. The lowest BCUT2D eigenvalue weighted by atomic mass is 9.90. The maximum Gasteiger partial charge on any atom is 0.174 e. The first-order valence-corrected chi connectivity index (χ1v) is 6.27. The Morgan fingerprint density at radius 3 is 2.58 bits per heavy atom. The van der Waals surface area contributed by atoms with E-state index in [1.54, 1.807) is 0 Å². The molecule has 1 saturated heterocycles. The second kappa shape index (κ2) is 5.65. The van der Waals surface area contributed by atoms with Crippen molar-refractivity contribution in [2.75, 3.05) is 13.7 Å². The molecule has 19 heavy (non-hydrogen) atoms. The summed E-state index contributed by atoms with van der Waals surface area (Å²) in [6.07, 6.45) is 0.895. The maximum atomic E-state index is 13.9. The van der Waals surface area contributed by atoms with Crippen molar-refractivity contribution in [3.63, 3.8) is 0 Å². The van der Waals surface area contributed by atoms with Crippen LogP contribution in [0.5, 0.6) is 5.75 Å². The average Bonchev–Trinajstić information content (AvgIpc) is 2.85. The molecule has 2 rings (SSSR count). The summed E-state index contributed by atoms with van der Waals surface area (Å²) in [6.45, 7) is 2.34. The van der Waals surface area contributed by atoms with Gasteiger partial charge in [-0.25, -0.2) is 8.78 Å². The van der Waals surface area contributed by atoms with Crippen molar-refractivity contribution in [2.24, 2.45) is 5.92 Å². The highest BCUT2D eigenvalue weighted by molar-refractivity contribution is 5.99. The molecule has 1 fully saturated rings. The molecule has 0 saturated carbocycles. The normalized spacial score (nSPS) is 22.5. The van der Waals surface area contributed by atoms with E-state index in [9.17, 15) is 13.6 Å². The first-order valence-electron chi connectivity index (χ1n) is 6.27. The highest BCUT2D eigenvalue weighted by Crippen LogP contribution is 2.30. The Kier molecular flexibility index (Phi) is 4.14. The smallest absolute Gasteiger partial charge is 0.174 e. The van der Waals surface area contributed by atoms with E-state index in [-0.39, 0.29) is 11.9 Å². The van der Waals surface area contributed by atoms with Crippen molar-refractivity contribution in [3.8, 4) is 5.75 Å². The van der Waals surface area contributed by atoms with E-state index in [1.807, 2.05) is 6.92 Å². The van der Waals surface area contributed by atoms with E-state index in [0.717, 1.165) is 12.1 Å². The van der Waals surface area contributed by atoms with Gasteiger partial charge in [-0.3, -0.25) is 4.79 Å². The highest BCUT2D eigenvalue weighted by atomic mass is 19.1. The Labute approximate surface area is 110 Å². The van der Waals surface area contributed by atoms with E-state index in [2.05, 4.69) is 0 Å². The van der Waals surface area contributed by atoms with Gasteiger partial charge in [0, 0.05) is 18.7 Å². The third kappa shape index (κ3) is 2.61. The van der Waals surface area contributed by atoms with Gasteiger partial charge in [0.15, 0.2) is 5.78 Å². The molecule has 104 valence electrons. The summed E-state index contributed by atoms with van der Waals surface area (Å²) >= 11 is 0. The van der Waals surface area contributed by atoms with Gasteiger partial charge in [0.05, 0.1) is 24.7 Å². The summed E-state index contributed by atoms with van der Waals surface area (Å²) in [7, 11) is 1.31. The molecule has 2 atom stereocenters. The van der Waals surface area contributed by atoms with Gasteiger partial charge in [-0.2, -0.15) is 0 Å². The van der Waals surface area contributed by atoms with Crippen molar-refractivity contribution in [3.05, 3.63) is 29.3 Å². The number of carbonyl (C=O) groups excluding carboxylic acids is 1. The minimum atomic E-state index is -0.886. The molecule has 0 amide bonds. The van der Waals surface area contributed by atoms with Crippen molar-refractivity contribution in [1.29, 1.82) is 0 Å². The molecule has 5 heteroatoms. The molecule has 1 heterocycles. The molecule has 3 nitrogen and oxygen atoms in total. The molecule has 0 radical (unpaired) electrons. The molecule has 2 unspecified atom stereocenters. The molecule has 0 bridgehead atoms. The molecular weight excluding hydrogens is 254 g/mol. The standard InChI is InChI=1S/C14H16F2O3/c1-3-12-9(4-5-19-12)14(17)13-10(15)6-8(18-2)7-11(13)16/h6-7,9,12H,3-5H2,1-2H3. The number of benzene rings is 1. The summed E-state index contributed by atoms with van der Waals surface area (Å²) in [5.74, 6) is -2.71. The SMILES string of the molecule is CCC1OCCC1C(=O)c1c(F)cc(OC)cc1F. The van der Waals surface area contributed by atoms with Crippen LogP contribution in [0.15, 0.2) is 12.1 Å². The molecule has 1 aromatic carbocycles. The Morgan fingerprint density at radius 2 is 2.05 bits per heavy atom. The van der Waals surface area contributed by atoms with Gasteiger partial charge in [-0.15, -0.1) is 0 Å². The fourth-order valence-corrected chi connectivity index (χ4v) is 2.44. The molecule has 0 N–H and O–H groups in total. The van der Waals surface area contributed by atoms with Crippen LogP contribution in [0.3, 0.4) is 0 Å². The topological polar surface area (TPSA) is 35.5 Å². The fraction of sp³-hybridized carbons (Fsp3) is 0.500. The lowest BCUT2D eigenvalue weighted by Gasteiger charge is -2.16. The quantitative estimate of drug-likeness (QED) is 0.789. The molecule has 1 aliphatic rings. The van der Waals surface area contributed by atoms with Crippen LogP contribution >= 0.6 is 0 Å². The zero-order valence-electron chi connectivity index (χ0n) is 10.9. The minimum Gasteiger partial charge on any atom is -0.497 e. The molecule has 0 aromatic heterocycles. The van der Waals surface area contributed by atoms with E-state index in [0.29, 0.717) is 19.4 Å².